The number of carbonyl (C=O) groups excluding carboxylic acids is 1. The van der Waals surface area contributed by atoms with Gasteiger partial charge in [-0.05, 0) is 25.1 Å². The first-order valence-corrected chi connectivity index (χ1v) is 6.70. The van der Waals surface area contributed by atoms with Crippen molar-refractivity contribution >= 4 is 28.9 Å². The fourth-order valence-electron chi connectivity index (χ4n) is 2.51. The third-order valence-corrected chi connectivity index (χ3v) is 3.68. The molecule has 0 bridgehead atoms. The van der Waals surface area contributed by atoms with Crippen LogP contribution in [0.25, 0.3) is 0 Å². The number of hydrogen-bond donors (Lipinski definition) is 2. The molecule has 0 aliphatic carbocycles. The minimum absolute atomic E-state index is 0.0465. The molecule has 0 saturated carbocycles. The Balaban J connectivity index is 2.17. The van der Waals surface area contributed by atoms with Crippen molar-refractivity contribution in [2.24, 2.45) is 10.8 Å². The highest BCUT2D eigenvalue weighted by Gasteiger charge is 2.43. The molecule has 1 amide bonds. The zero-order valence-electron chi connectivity index (χ0n) is 10.7. The number of benzene rings is 1. The molecule has 5 nitrogen and oxygen atoms in total. The van der Waals surface area contributed by atoms with Crippen LogP contribution in [0.2, 0.25) is 5.02 Å². The zero-order valence-corrected chi connectivity index (χ0v) is 11.4. The quantitative estimate of drug-likeness (QED) is 0.804. The van der Waals surface area contributed by atoms with Crippen LogP contribution in [0.15, 0.2) is 17.2 Å². The molecule has 1 unspecified atom stereocenters. The maximum Gasteiger partial charge on any atom is 0.257 e. The molecule has 1 atom stereocenters. The fourth-order valence-corrected chi connectivity index (χ4v) is 2.73. The molecular weight excluding hydrogens is 276 g/mol. The van der Waals surface area contributed by atoms with E-state index in [9.17, 15) is 4.79 Å². The van der Waals surface area contributed by atoms with Gasteiger partial charge in [0.05, 0.1) is 11.3 Å². The fraction of sp³-hybridized carbons (Fsp3) is 0.286. The number of nitrogens with zero attached hydrogens (tertiary/aromatic N) is 2. The van der Waals surface area contributed by atoms with E-state index in [1.807, 2.05) is 0 Å². The highest BCUT2D eigenvalue weighted by molar-refractivity contribution is 6.34. The lowest BCUT2D eigenvalue weighted by Crippen LogP contribution is -2.60. The van der Waals surface area contributed by atoms with Gasteiger partial charge >= 0.3 is 0 Å². The second kappa shape index (κ2) is 4.82. The van der Waals surface area contributed by atoms with Crippen LogP contribution in [0.4, 0.5) is 5.69 Å². The van der Waals surface area contributed by atoms with Gasteiger partial charge in [-0.3, -0.25) is 10.2 Å². The summed E-state index contributed by atoms with van der Waals surface area (Å²) in [5.74, 6) is 2.55. The first-order chi connectivity index (χ1) is 9.67. The number of rotatable bonds is 3. The van der Waals surface area contributed by atoms with Gasteiger partial charge in [-0.15, -0.1) is 6.42 Å². The maximum atomic E-state index is 12.4. The van der Waals surface area contributed by atoms with Gasteiger partial charge in [0, 0.05) is 17.1 Å². The summed E-state index contributed by atoms with van der Waals surface area (Å²) in [6.07, 6.45) is 6.26. The summed E-state index contributed by atoms with van der Waals surface area (Å²) in [5, 5.41) is 4.62. The van der Waals surface area contributed by atoms with Gasteiger partial charge in [0.15, 0.2) is 6.04 Å². The zero-order chi connectivity index (χ0) is 14.3. The van der Waals surface area contributed by atoms with Crippen molar-refractivity contribution in [1.82, 2.24) is 5.43 Å². The van der Waals surface area contributed by atoms with Gasteiger partial charge < -0.3 is 10.6 Å². The number of hydrazone groups is 1. The Hall–Kier alpha value is -2.03. The number of anilines is 1. The Labute approximate surface area is 121 Å². The molecule has 1 aromatic rings. The number of fused-ring (bicyclic) bond motifs is 3. The molecule has 2 heterocycles. The van der Waals surface area contributed by atoms with Crippen LogP contribution in [0, 0.1) is 12.3 Å². The van der Waals surface area contributed by atoms with E-state index in [-0.39, 0.29) is 5.91 Å². The number of nitrogens with one attached hydrogen (secondary N) is 1. The molecule has 3 rings (SSSR count). The molecule has 6 heteroatoms. The molecule has 0 radical (unpaired) electrons. The van der Waals surface area contributed by atoms with E-state index < -0.39 is 6.04 Å². The molecule has 2 aliphatic heterocycles. The number of carbonyl (C=O) groups is 1. The Morgan fingerprint density at radius 2 is 2.35 bits per heavy atom. The Bertz CT molecular complexity index is 662. The van der Waals surface area contributed by atoms with Crippen molar-refractivity contribution in [2.45, 2.75) is 12.5 Å². The molecule has 0 saturated heterocycles. The standard InChI is InChI=1S/C14H13ClN4O/c1-2-8-6-9(15)7-10-11-12(18-17-11)14(20)19(13(8)10)5-3-4-16/h1,6-7,12,18H,3-5,16H2. The normalized spacial score (nSPS) is 19.2. The summed E-state index contributed by atoms with van der Waals surface area (Å²) < 4.78 is 0. The predicted molar refractivity (Wildman–Crippen MR) is 78.9 cm³/mol. The Morgan fingerprint density at radius 1 is 1.55 bits per heavy atom. The summed E-state index contributed by atoms with van der Waals surface area (Å²) in [6, 6.07) is 3.09. The molecule has 1 aromatic carbocycles. The van der Waals surface area contributed by atoms with E-state index >= 15 is 0 Å². The Kier molecular flexibility index (Phi) is 3.13. The highest BCUT2D eigenvalue weighted by atomic mass is 35.5. The summed E-state index contributed by atoms with van der Waals surface area (Å²) in [6.45, 7) is 1.04. The van der Waals surface area contributed by atoms with Crippen molar-refractivity contribution in [2.75, 3.05) is 18.0 Å². The molecule has 0 aromatic heterocycles. The topological polar surface area (TPSA) is 70.7 Å². The second-order valence-corrected chi connectivity index (χ2v) is 5.12. The summed E-state index contributed by atoms with van der Waals surface area (Å²) in [7, 11) is 0. The van der Waals surface area contributed by atoms with Crippen molar-refractivity contribution in [3.63, 3.8) is 0 Å². The van der Waals surface area contributed by atoms with Crippen LogP contribution in [0.1, 0.15) is 17.5 Å². The highest BCUT2D eigenvalue weighted by Crippen LogP contribution is 2.36. The van der Waals surface area contributed by atoms with Crippen LogP contribution < -0.4 is 16.1 Å². The first-order valence-electron chi connectivity index (χ1n) is 6.32. The van der Waals surface area contributed by atoms with E-state index in [2.05, 4.69) is 16.4 Å². The number of hydrogen-bond acceptors (Lipinski definition) is 4. The van der Waals surface area contributed by atoms with Gasteiger partial charge in [-0.2, -0.15) is 5.10 Å². The van der Waals surface area contributed by atoms with E-state index in [1.54, 1.807) is 17.0 Å². The van der Waals surface area contributed by atoms with Gasteiger partial charge in [-0.25, -0.2) is 0 Å². The molecule has 3 N–H and O–H groups in total. The van der Waals surface area contributed by atoms with E-state index in [0.29, 0.717) is 41.5 Å². The summed E-state index contributed by atoms with van der Waals surface area (Å²) in [4.78, 5) is 14.1. The SMILES string of the molecule is C#Cc1cc(Cl)cc2c1N(CCCN)C(=O)C1NN=C21. The lowest BCUT2D eigenvalue weighted by molar-refractivity contribution is -0.119. The van der Waals surface area contributed by atoms with Crippen LogP contribution in [0.5, 0.6) is 0 Å². The lowest BCUT2D eigenvalue weighted by atomic mass is 9.90. The van der Waals surface area contributed by atoms with Crippen molar-refractivity contribution in [3.05, 3.63) is 28.3 Å². The number of halogens is 1. The molecule has 20 heavy (non-hydrogen) atoms. The number of nitrogens with two attached hydrogens (primary N) is 1. The lowest BCUT2D eigenvalue weighted by Gasteiger charge is -2.39. The maximum absolute atomic E-state index is 12.4. The van der Waals surface area contributed by atoms with Crippen molar-refractivity contribution in [3.8, 4) is 12.3 Å². The van der Waals surface area contributed by atoms with E-state index in [1.165, 1.54) is 0 Å². The molecule has 2 aliphatic rings. The van der Waals surface area contributed by atoms with Gasteiger partial charge in [0.25, 0.3) is 5.91 Å². The average Bonchev–Trinajstić information content (AvgIpc) is 2.38. The summed E-state index contributed by atoms with van der Waals surface area (Å²) in [5.41, 5.74) is 11.2. The van der Waals surface area contributed by atoms with Crippen LogP contribution in [-0.4, -0.2) is 30.8 Å². The van der Waals surface area contributed by atoms with Gasteiger partial charge in [-0.1, -0.05) is 17.5 Å². The predicted octanol–water partition coefficient (Wildman–Crippen LogP) is 0.693. The molecule has 0 spiro atoms. The minimum Gasteiger partial charge on any atom is -0.330 e. The van der Waals surface area contributed by atoms with Gasteiger partial charge in [0.1, 0.15) is 5.71 Å². The van der Waals surface area contributed by atoms with Crippen molar-refractivity contribution < 1.29 is 4.79 Å². The average molecular weight is 289 g/mol. The second-order valence-electron chi connectivity index (χ2n) is 4.69. The molecule has 0 fully saturated rings. The largest absolute Gasteiger partial charge is 0.330 e. The van der Waals surface area contributed by atoms with Crippen LogP contribution in [-0.2, 0) is 4.79 Å². The monoisotopic (exact) mass is 288 g/mol. The Morgan fingerprint density at radius 3 is 2.95 bits per heavy atom. The van der Waals surface area contributed by atoms with E-state index in [4.69, 9.17) is 23.8 Å². The third kappa shape index (κ3) is 1.77. The molecule has 102 valence electrons. The summed E-state index contributed by atoms with van der Waals surface area (Å²) >= 11 is 6.09. The smallest absolute Gasteiger partial charge is 0.257 e. The first kappa shape index (κ1) is 13.0. The minimum atomic E-state index is -0.399. The third-order valence-electron chi connectivity index (χ3n) is 3.46. The number of terminal acetylenes is 1. The van der Waals surface area contributed by atoms with Crippen molar-refractivity contribution in [1.29, 1.82) is 0 Å². The van der Waals surface area contributed by atoms with E-state index in [0.717, 1.165) is 5.56 Å². The molecular formula is C14H13ClN4O. The van der Waals surface area contributed by atoms with Gasteiger partial charge in [0.2, 0.25) is 0 Å². The van der Waals surface area contributed by atoms with Crippen LogP contribution in [0.3, 0.4) is 0 Å². The van der Waals surface area contributed by atoms with Crippen LogP contribution >= 0.6 is 11.6 Å². The number of amides is 1.